The number of hydrogen-bond donors (Lipinski definition) is 4. The SMILES string of the molecule is NCCNC(=O)c1cccc(-c2cccc(CN(CCc3ccncc3)C(=O)CCc3c[nH]c4ccccc34)c2)c1.O=C(O)C(F)(F)F. The quantitative estimate of drug-likeness (QED) is 0.134. The zero-order valence-electron chi connectivity index (χ0n) is 26.0. The van der Waals surface area contributed by atoms with Gasteiger partial charge in [-0.3, -0.25) is 14.6 Å². The van der Waals surface area contributed by atoms with Crippen LogP contribution in [-0.2, 0) is 29.0 Å². The smallest absolute Gasteiger partial charge is 0.475 e. The number of pyridine rings is 1. The van der Waals surface area contributed by atoms with E-state index in [2.05, 4.69) is 33.5 Å². The molecule has 3 aromatic carbocycles. The zero-order valence-corrected chi connectivity index (χ0v) is 26.0. The molecule has 0 aliphatic heterocycles. The van der Waals surface area contributed by atoms with Crippen LogP contribution in [0.5, 0.6) is 0 Å². The molecule has 12 heteroatoms. The maximum atomic E-state index is 13.6. The van der Waals surface area contributed by atoms with Crippen LogP contribution in [0.2, 0.25) is 0 Å². The summed E-state index contributed by atoms with van der Waals surface area (Å²) in [5, 5.41) is 11.1. The topological polar surface area (TPSA) is 141 Å². The van der Waals surface area contributed by atoms with Gasteiger partial charge in [0.1, 0.15) is 0 Å². The van der Waals surface area contributed by atoms with Crippen molar-refractivity contribution in [2.75, 3.05) is 19.6 Å². The van der Waals surface area contributed by atoms with E-state index >= 15 is 0 Å². The van der Waals surface area contributed by atoms with Gasteiger partial charge in [0.15, 0.2) is 0 Å². The number of nitrogens with one attached hydrogen (secondary N) is 2. The van der Waals surface area contributed by atoms with E-state index in [1.54, 1.807) is 18.5 Å². The molecular weight excluding hydrogens is 623 g/mol. The van der Waals surface area contributed by atoms with E-state index in [1.165, 1.54) is 0 Å². The van der Waals surface area contributed by atoms with Gasteiger partial charge in [-0.25, -0.2) is 4.79 Å². The van der Waals surface area contributed by atoms with Crippen molar-refractivity contribution in [3.05, 3.63) is 126 Å². The van der Waals surface area contributed by atoms with Gasteiger partial charge in [-0.05, 0) is 77.1 Å². The number of carbonyl (C=O) groups is 3. The van der Waals surface area contributed by atoms with E-state index in [0.29, 0.717) is 44.6 Å². The van der Waals surface area contributed by atoms with E-state index < -0.39 is 12.1 Å². The number of halogens is 3. The summed E-state index contributed by atoms with van der Waals surface area (Å²) in [5.41, 5.74) is 12.5. The number of amides is 2. The van der Waals surface area contributed by atoms with E-state index in [0.717, 1.165) is 45.1 Å². The number of H-pyrrole nitrogens is 1. The summed E-state index contributed by atoms with van der Waals surface area (Å²) in [6, 6.07) is 27.9. The number of alkyl halides is 3. The van der Waals surface area contributed by atoms with Crippen LogP contribution in [0, 0.1) is 0 Å². The van der Waals surface area contributed by atoms with Crippen molar-refractivity contribution in [2.45, 2.75) is 32.0 Å². The first kappa shape index (κ1) is 35.4. The lowest BCUT2D eigenvalue weighted by atomic mass is 10.0. The lowest BCUT2D eigenvalue weighted by molar-refractivity contribution is -0.192. The van der Waals surface area contributed by atoms with Crippen LogP contribution in [0.3, 0.4) is 0 Å². The number of para-hydroxylation sites is 1. The molecule has 0 unspecified atom stereocenters. The predicted octanol–water partition coefficient (Wildman–Crippen LogP) is 5.76. The third-order valence-corrected chi connectivity index (χ3v) is 7.49. The molecule has 48 heavy (non-hydrogen) atoms. The fourth-order valence-electron chi connectivity index (χ4n) is 5.04. The Bertz CT molecular complexity index is 1830. The number of aryl methyl sites for hydroxylation is 1. The first-order valence-corrected chi connectivity index (χ1v) is 15.2. The first-order valence-electron chi connectivity index (χ1n) is 15.2. The van der Waals surface area contributed by atoms with Gasteiger partial charge in [0, 0.05) is 67.7 Å². The van der Waals surface area contributed by atoms with Crippen molar-refractivity contribution >= 4 is 28.7 Å². The van der Waals surface area contributed by atoms with Gasteiger partial charge >= 0.3 is 12.1 Å². The van der Waals surface area contributed by atoms with Crippen LogP contribution in [0.4, 0.5) is 13.2 Å². The molecule has 0 aliphatic rings. The van der Waals surface area contributed by atoms with E-state index in [1.807, 2.05) is 71.8 Å². The highest BCUT2D eigenvalue weighted by atomic mass is 19.4. The highest BCUT2D eigenvalue weighted by Gasteiger charge is 2.38. The molecule has 0 fully saturated rings. The molecule has 250 valence electrons. The third kappa shape index (κ3) is 10.3. The number of carbonyl (C=O) groups excluding carboxylic acids is 2. The van der Waals surface area contributed by atoms with E-state index in [4.69, 9.17) is 15.6 Å². The largest absolute Gasteiger partial charge is 0.490 e. The molecule has 0 aliphatic carbocycles. The number of aliphatic carboxylic acids is 1. The summed E-state index contributed by atoms with van der Waals surface area (Å²) < 4.78 is 31.7. The van der Waals surface area contributed by atoms with Crippen LogP contribution in [-0.4, -0.2) is 63.6 Å². The minimum atomic E-state index is -5.08. The van der Waals surface area contributed by atoms with E-state index in [9.17, 15) is 22.8 Å². The lowest BCUT2D eigenvalue weighted by Gasteiger charge is -2.23. The molecule has 2 aromatic heterocycles. The minimum Gasteiger partial charge on any atom is -0.475 e. The van der Waals surface area contributed by atoms with Gasteiger partial charge in [-0.2, -0.15) is 13.2 Å². The Morgan fingerprint density at radius 1 is 0.875 bits per heavy atom. The van der Waals surface area contributed by atoms with Crippen LogP contribution >= 0.6 is 0 Å². The Morgan fingerprint density at radius 2 is 1.56 bits per heavy atom. The number of rotatable bonds is 12. The Hall–Kier alpha value is -5.49. The van der Waals surface area contributed by atoms with Crippen molar-refractivity contribution in [3.8, 4) is 11.1 Å². The normalized spacial score (nSPS) is 11.0. The van der Waals surface area contributed by atoms with Crippen LogP contribution < -0.4 is 11.1 Å². The number of carboxylic acids is 1. The molecule has 2 heterocycles. The number of nitrogens with zero attached hydrogens (tertiary/aromatic N) is 2. The molecule has 0 bridgehead atoms. The number of aromatic amines is 1. The summed E-state index contributed by atoms with van der Waals surface area (Å²) in [6.45, 7) is 1.94. The second-order valence-corrected chi connectivity index (χ2v) is 10.9. The third-order valence-electron chi connectivity index (χ3n) is 7.49. The highest BCUT2D eigenvalue weighted by molar-refractivity contribution is 5.95. The van der Waals surface area contributed by atoms with Gasteiger partial charge in [0.2, 0.25) is 5.91 Å². The zero-order chi connectivity index (χ0) is 34.5. The fraction of sp³-hybridized carbons (Fsp3) is 0.222. The minimum absolute atomic E-state index is 0.119. The number of hydrogen-bond acceptors (Lipinski definition) is 5. The lowest BCUT2D eigenvalue weighted by Crippen LogP contribution is -2.32. The summed E-state index contributed by atoms with van der Waals surface area (Å²) in [4.78, 5) is 44.3. The average molecular weight is 660 g/mol. The molecule has 2 amide bonds. The van der Waals surface area contributed by atoms with Crippen molar-refractivity contribution in [1.82, 2.24) is 20.2 Å². The van der Waals surface area contributed by atoms with E-state index in [-0.39, 0.29) is 11.8 Å². The first-order chi connectivity index (χ1) is 23.0. The van der Waals surface area contributed by atoms with Crippen molar-refractivity contribution in [1.29, 1.82) is 0 Å². The summed E-state index contributed by atoms with van der Waals surface area (Å²) in [7, 11) is 0. The number of benzene rings is 3. The van der Waals surface area contributed by atoms with Crippen LogP contribution in [0.1, 0.15) is 33.5 Å². The molecule has 5 rings (SSSR count). The summed E-state index contributed by atoms with van der Waals surface area (Å²) in [5.74, 6) is -2.78. The molecule has 0 radical (unpaired) electrons. The fourth-order valence-corrected chi connectivity index (χ4v) is 5.04. The van der Waals surface area contributed by atoms with Gasteiger partial charge in [-0.15, -0.1) is 0 Å². The molecule has 5 aromatic rings. The Morgan fingerprint density at radius 3 is 2.27 bits per heavy atom. The second kappa shape index (κ2) is 16.9. The van der Waals surface area contributed by atoms with Crippen molar-refractivity contribution in [2.24, 2.45) is 5.73 Å². The molecule has 5 N–H and O–H groups in total. The summed E-state index contributed by atoms with van der Waals surface area (Å²) in [6.07, 6.45) is 2.35. The van der Waals surface area contributed by atoms with Crippen LogP contribution in [0.15, 0.2) is 104 Å². The maximum absolute atomic E-state index is 13.6. The van der Waals surface area contributed by atoms with Gasteiger partial charge in [0.25, 0.3) is 5.91 Å². The van der Waals surface area contributed by atoms with Crippen molar-refractivity contribution in [3.63, 3.8) is 0 Å². The number of aromatic nitrogens is 2. The van der Waals surface area contributed by atoms with Gasteiger partial charge in [0.05, 0.1) is 0 Å². The molecule has 0 saturated carbocycles. The number of fused-ring (bicyclic) bond motifs is 1. The van der Waals surface area contributed by atoms with Gasteiger partial charge in [-0.1, -0.05) is 48.5 Å². The average Bonchev–Trinajstić information content (AvgIpc) is 3.51. The van der Waals surface area contributed by atoms with Gasteiger partial charge < -0.3 is 26.0 Å². The summed E-state index contributed by atoms with van der Waals surface area (Å²) >= 11 is 0. The van der Waals surface area contributed by atoms with Crippen molar-refractivity contribution < 1.29 is 32.7 Å². The second-order valence-electron chi connectivity index (χ2n) is 10.9. The standard InChI is InChI=1S/C34H35N5O2.C2HF3O2/c35-16-19-37-34(41)29-8-4-7-28(22-29)27-6-3-5-26(21-27)24-39(20-15-25-13-17-36-18-14-25)33(40)12-11-30-23-38-32-10-2-1-9-31(30)32;3-2(4,5)1(6)7/h1-10,13-14,17-18,21-23,38H,11-12,15-16,19-20,24,35H2,(H,37,41);(H,6,7). The molecule has 0 atom stereocenters. The molecule has 0 spiro atoms. The number of carboxylic acid groups (broad SMARTS) is 1. The van der Waals surface area contributed by atoms with Crippen LogP contribution in [0.25, 0.3) is 22.0 Å². The molecular formula is C36H36F3N5O4. The maximum Gasteiger partial charge on any atom is 0.490 e. The Kier molecular flexibility index (Phi) is 12.4. The predicted molar refractivity (Wildman–Crippen MR) is 177 cm³/mol. The monoisotopic (exact) mass is 659 g/mol. The Balaban J connectivity index is 0.000000671. The molecule has 9 nitrogen and oxygen atoms in total. The Labute approximate surface area is 275 Å². The number of nitrogens with two attached hydrogens (primary N) is 1. The highest BCUT2D eigenvalue weighted by Crippen LogP contribution is 2.24. The molecule has 0 saturated heterocycles.